The first-order valence-electron chi connectivity index (χ1n) is 10.7. The number of rotatable bonds is 9. The molecule has 0 aliphatic carbocycles. The van der Waals surface area contributed by atoms with E-state index in [1.54, 1.807) is 11.4 Å². The number of hydrogen-bond donors (Lipinski definition) is 1. The van der Waals surface area contributed by atoms with Gasteiger partial charge in [0, 0.05) is 23.9 Å². The molecule has 0 fully saturated rings. The summed E-state index contributed by atoms with van der Waals surface area (Å²) in [7, 11) is 0. The number of aromatic nitrogens is 1. The number of carbonyl (C=O) groups excluding carboxylic acids is 2. The number of ether oxygens (including phenoxy) is 3. The van der Waals surface area contributed by atoms with Gasteiger partial charge in [-0.25, -0.2) is 9.78 Å². The molecule has 172 valence electrons. The summed E-state index contributed by atoms with van der Waals surface area (Å²) in [6.45, 7) is 4.31. The van der Waals surface area contributed by atoms with Crippen LogP contribution < -0.4 is 14.8 Å². The van der Waals surface area contributed by atoms with E-state index >= 15 is 0 Å². The minimum Gasteiger partial charge on any atom is -0.483 e. The van der Waals surface area contributed by atoms with E-state index in [9.17, 15) is 9.59 Å². The van der Waals surface area contributed by atoms with Crippen LogP contribution in [0.1, 0.15) is 35.7 Å². The zero-order valence-corrected chi connectivity index (χ0v) is 19.4. The molecule has 3 aromatic rings. The number of benzene rings is 2. The monoisotopic (exact) mass is 466 g/mol. The van der Waals surface area contributed by atoms with E-state index in [1.807, 2.05) is 56.3 Å². The Labute approximate surface area is 196 Å². The molecule has 0 bridgehead atoms. The predicted molar refractivity (Wildman–Crippen MR) is 124 cm³/mol. The molecule has 4 rings (SSSR count). The second-order valence-electron chi connectivity index (χ2n) is 8.40. The number of para-hydroxylation sites is 1. The highest BCUT2D eigenvalue weighted by Crippen LogP contribution is 2.41. The average molecular weight is 467 g/mol. The van der Waals surface area contributed by atoms with Crippen molar-refractivity contribution < 1.29 is 23.8 Å². The first-order chi connectivity index (χ1) is 15.9. The third kappa shape index (κ3) is 6.32. The van der Waals surface area contributed by atoms with Crippen LogP contribution in [0.25, 0.3) is 0 Å². The fourth-order valence-electron chi connectivity index (χ4n) is 3.53. The van der Waals surface area contributed by atoms with Gasteiger partial charge in [-0.15, -0.1) is 11.3 Å². The van der Waals surface area contributed by atoms with E-state index in [0.29, 0.717) is 28.7 Å². The Balaban J connectivity index is 1.20. The van der Waals surface area contributed by atoms with Gasteiger partial charge in [-0.3, -0.25) is 4.79 Å². The third-order valence-corrected chi connectivity index (χ3v) is 5.92. The molecule has 8 heteroatoms. The van der Waals surface area contributed by atoms with Gasteiger partial charge in [0.1, 0.15) is 17.2 Å². The van der Waals surface area contributed by atoms with Gasteiger partial charge in [-0.05, 0) is 25.5 Å². The fourth-order valence-corrected chi connectivity index (χ4v) is 4.30. The van der Waals surface area contributed by atoms with Crippen molar-refractivity contribution in [2.75, 3.05) is 6.61 Å². The van der Waals surface area contributed by atoms with E-state index in [1.165, 1.54) is 11.3 Å². The van der Waals surface area contributed by atoms with Crippen LogP contribution in [0.15, 0.2) is 53.9 Å². The van der Waals surface area contributed by atoms with E-state index < -0.39 is 5.97 Å². The third-order valence-electron chi connectivity index (χ3n) is 5.03. The summed E-state index contributed by atoms with van der Waals surface area (Å²) in [4.78, 5) is 28.7. The van der Waals surface area contributed by atoms with Gasteiger partial charge in [0.2, 0.25) is 5.91 Å². The number of esters is 1. The number of thiazole rings is 1. The van der Waals surface area contributed by atoms with Crippen LogP contribution in [0, 0.1) is 0 Å². The largest absolute Gasteiger partial charge is 0.483 e. The van der Waals surface area contributed by atoms with Crippen molar-refractivity contribution in [3.05, 3.63) is 75.7 Å². The highest BCUT2D eigenvalue weighted by molar-refractivity contribution is 7.09. The van der Waals surface area contributed by atoms with Gasteiger partial charge in [0.05, 0.1) is 12.1 Å². The maximum Gasteiger partial charge on any atom is 0.344 e. The second kappa shape index (κ2) is 10.0. The average Bonchev–Trinajstić information content (AvgIpc) is 3.37. The summed E-state index contributed by atoms with van der Waals surface area (Å²) < 4.78 is 16.9. The van der Waals surface area contributed by atoms with Crippen LogP contribution in [0.2, 0.25) is 0 Å². The minimum atomic E-state index is -0.500. The zero-order chi connectivity index (χ0) is 23.3. The Bertz CT molecular complexity index is 1130. The number of fused-ring (bicyclic) bond motifs is 1. The van der Waals surface area contributed by atoms with E-state index in [0.717, 1.165) is 17.5 Å². The van der Waals surface area contributed by atoms with Gasteiger partial charge in [-0.2, -0.15) is 0 Å². The van der Waals surface area contributed by atoms with Crippen LogP contribution in [0.4, 0.5) is 0 Å². The van der Waals surface area contributed by atoms with Crippen LogP contribution in [-0.2, 0) is 40.3 Å². The maximum absolute atomic E-state index is 12.1. The van der Waals surface area contributed by atoms with Gasteiger partial charge < -0.3 is 19.5 Å². The first kappa shape index (κ1) is 22.8. The van der Waals surface area contributed by atoms with Crippen LogP contribution in [-0.4, -0.2) is 29.1 Å². The Hall–Kier alpha value is -3.39. The Kier molecular flexibility index (Phi) is 6.93. The molecule has 0 unspecified atom stereocenters. The van der Waals surface area contributed by atoms with E-state index in [2.05, 4.69) is 10.3 Å². The quantitative estimate of drug-likeness (QED) is 0.482. The molecule has 0 atom stereocenters. The fraction of sp³-hybridized carbons (Fsp3) is 0.320. The lowest BCUT2D eigenvalue weighted by Crippen LogP contribution is -2.25. The number of carbonyl (C=O) groups is 2. The first-order valence-corrected chi connectivity index (χ1v) is 11.6. The molecule has 0 saturated carbocycles. The van der Waals surface area contributed by atoms with Gasteiger partial charge in [0.25, 0.3) is 0 Å². The molecule has 1 N–H and O–H groups in total. The van der Waals surface area contributed by atoms with Crippen LogP contribution >= 0.6 is 11.3 Å². The smallest absolute Gasteiger partial charge is 0.344 e. The zero-order valence-electron chi connectivity index (χ0n) is 18.6. The van der Waals surface area contributed by atoms with Gasteiger partial charge in [-0.1, -0.05) is 42.5 Å². The van der Waals surface area contributed by atoms with Crippen molar-refractivity contribution in [1.29, 1.82) is 0 Å². The standard InChI is InChI=1S/C25H26N2O5S/c1-25(2)12-18-9-6-10-20(24(18)32-25)30-15-23(29)31-14-19-16-33-22(27-19)11-21(28)26-13-17-7-4-3-5-8-17/h3-10,16H,11-15H2,1-2H3,(H,26,28). The molecule has 7 nitrogen and oxygen atoms in total. The molecule has 0 radical (unpaired) electrons. The lowest BCUT2D eigenvalue weighted by atomic mass is 10.0. The highest BCUT2D eigenvalue weighted by Gasteiger charge is 2.32. The number of nitrogens with one attached hydrogen (secondary N) is 1. The van der Waals surface area contributed by atoms with Crippen molar-refractivity contribution >= 4 is 23.2 Å². The van der Waals surface area contributed by atoms with Crippen molar-refractivity contribution in [3.8, 4) is 11.5 Å². The van der Waals surface area contributed by atoms with Crippen molar-refractivity contribution in [3.63, 3.8) is 0 Å². The molecule has 33 heavy (non-hydrogen) atoms. The predicted octanol–water partition coefficient (Wildman–Crippen LogP) is 3.84. The molecular weight excluding hydrogens is 440 g/mol. The lowest BCUT2D eigenvalue weighted by Gasteiger charge is -2.18. The normalized spacial score (nSPS) is 13.6. The van der Waals surface area contributed by atoms with E-state index in [-0.39, 0.29) is 31.1 Å². The van der Waals surface area contributed by atoms with Crippen molar-refractivity contribution in [1.82, 2.24) is 10.3 Å². The molecule has 0 saturated heterocycles. The minimum absolute atomic E-state index is 0.0285. The highest BCUT2D eigenvalue weighted by atomic mass is 32.1. The van der Waals surface area contributed by atoms with Crippen molar-refractivity contribution in [2.24, 2.45) is 0 Å². The molecule has 1 aliphatic heterocycles. The molecular formula is C25H26N2O5S. The maximum atomic E-state index is 12.1. The van der Waals surface area contributed by atoms with Gasteiger partial charge >= 0.3 is 5.97 Å². The molecule has 2 aromatic carbocycles. The molecule has 1 aliphatic rings. The molecule has 2 heterocycles. The molecule has 1 aromatic heterocycles. The number of hydrogen-bond acceptors (Lipinski definition) is 7. The Morgan fingerprint density at radius 2 is 1.97 bits per heavy atom. The summed E-state index contributed by atoms with van der Waals surface area (Å²) in [5.74, 6) is 0.614. The molecule has 1 amide bonds. The lowest BCUT2D eigenvalue weighted by molar-refractivity contribution is -0.147. The SMILES string of the molecule is CC1(C)Cc2cccc(OCC(=O)OCc3csc(CC(=O)NCc4ccccc4)n3)c2O1. The second-order valence-corrected chi connectivity index (χ2v) is 9.35. The topological polar surface area (TPSA) is 86.8 Å². The summed E-state index contributed by atoms with van der Waals surface area (Å²) >= 11 is 1.36. The summed E-state index contributed by atoms with van der Waals surface area (Å²) in [6.07, 6.45) is 0.977. The number of amides is 1. The Morgan fingerprint density at radius 3 is 2.79 bits per heavy atom. The molecule has 0 spiro atoms. The summed E-state index contributed by atoms with van der Waals surface area (Å²) in [5, 5.41) is 5.33. The van der Waals surface area contributed by atoms with Crippen molar-refractivity contribution in [2.45, 2.75) is 45.4 Å². The van der Waals surface area contributed by atoms with E-state index in [4.69, 9.17) is 14.2 Å². The van der Waals surface area contributed by atoms with Gasteiger partial charge in [0.15, 0.2) is 18.1 Å². The summed E-state index contributed by atoms with van der Waals surface area (Å²) in [6, 6.07) is 15.4. The Morgan fingerprint density at radius 1 is 1.15 bits per heavy atom. The number of nitrogens with zero attached hydrogens (tertiary/aromatic N) is 1. The van der Waals surface area contributed by atoms with Crippen LogP contribution in [0.5, 0.6) is 11.5 Å². The summed E-state index contributed by atoms with van der Waals surface area (Å²) in [5.41, 5.74) is 2.41. The van der Waals surface area contributed by atoms with Crippen LogP contribution in [0.3, 0.4) is 0 Å².